The number of carbonyl (C=O) groups is 1. The van der Waals surface area contributed by atoms with Gasteiger partial charge in [-0.2, -0.15) is 13.2 Å². The second-order valence-corrected chi connectivity index (χ2v) is 6.87. The molecule has 1 aliphatic heterocycles. The molecule has 3 aromatic rings. The number of carbonyl (C=O) groups excluding carboxylic acids is 1. The molecule has 28 heavy (non-hydrogen) atoms. The van der Waals surface area contributed by atoms with Crippen molar-refractivity contribution in [1.82, 2.24) is 19.4 Å². The second kappa shape index (κ2) is 6.50. The van der Waals surface area contributed by atoms with Crippen LogP contribution in [0.25, 0.3) is 22.3 Å². The summed E-state index contributed by atoms with van der Waals surface area (Å²) in [7, 11) is 0. The minimum Gasteiger partial charge on any atom is -0.341 e. The normalized spacial score (nSPS) is 14.4. The Bertz CT molecular complexity index is 1130. The Morgan fingerprint density at radius 3 is 2.64 bits per heavy atom. The summed E-state index contributed by atoms with van der Waals surface area (Å²) in [4.78, 5) is 32.9. The number of aromatic nitrogens is 3. The van der Waals surface area contributed by atoms with E-state index in [0.29, 0.717) is 35.3 Å². The Hall–Kier alpha value is -3.10. The molecule has 2 aromatic heterocycles. The van der Waals surface area contributed by atoms with E-state index < -0.39 is 17.4 Å². The molecule has 0 bridgehead atoms. The van der Waals surface area contributed by atoms with Crippen molar-refractivity contribution in [3.05, 3.63) is 52.1 Å². The molecule has 1 saturated heterocycles. The van der Waals surface area contributed by atoms with E-state index in [0.717, 1.165) is 18.6 Å². The van der Waals surface area contributed by atoms with Gasteiger partial charge in [0.2, 0.25) is 5.91 Å². The number of pyridine rings is 1. The minimum absolute atomic E-state index is 0.133. The summed E-state index contributed by atoms with van der Waals surface area (Å²) in [6, 6.07) is 5.09. The van der Waals surface area contributed by atoms with Crippen LogP contribution in [0.3, 0.4) is 0 Å². The monoisotopic (exact) mass is 390 g/mol. The van der Waals surface area contributed by atoms with Gasteiger partial charge in [-0.05, 0) is 42.7 Å². The van der Waals surface area contributed by atoms with Gasteiger partial charge in [0.05, 0.1) is 11.1 Å². The van der Waals surface area contributed by atoms with E-state index in [-0.39, 0.29) is 18.1 Å². The summed E-state index contributed by atoms with van der Waals surface area (Å²) in [6.07, 6.45) is -2.10. The van der Waals surface area contributed by atoms with Gasteiger partial charge in [-0.3, -0.25) is 14.3 Å². The zero-order valence-electron chi connectivity index (χ0n) is 15.0. The molecule has 0 unspecified atom stereocenters. The van der Waals surface area contributed by atoms with Crippen molar-refractivity contribution in [2.45, 2.75) is 26.1 Å². The summed E-state index contributed by atoms with van der Waals surface area (Å²) < 4.78 is 40.5. The fourth-order valence-electron chi connectivity index (χ4n) is 3.25. The molecule has 4 rings (SSSR count). The average molecular weight is 390 g/mol. The first-order valence-corrected chi connectivity index (χ1v) is 8.78. The Morgan fingerprint density at radius 2 is 2.00 bits per heavy atom. The summed E-state index contributed by atoms with van der Waals surface area (Å²) in [5.41, 5.74) is 0.902. The number of imidazole rings is 1. The second-order valence-electron chi connectivity index (χ2n) is 6.87. The van der Waals surface area contributed by atoms with Crippen LogP contribution in [-0.2, 0) is 17.5 Å². The molecule has 0 atom stereocenters. The van der Waals surface area contributed by atoms with Gasteiger partial charge in [-0.25, -0.2) is 9.78 Å². The molecule has 1 N–H and O–H groups in total. The number of rotatable bonds is 3. The number of halogens is 3. The van der Waals surface area contributed by atoms with E-state index >= 15 is 0 Å². The average Bonchev–Trinajstić information content (AvgIpc) is 2.87. The van der Waals surface area contributed by atoms with Gasteiger partial charge in [0, 0.05) is 24.8 Å². The third kappa shape index (κ3) is 3.17. The fourth-order valence-corrected chi connectivity index (χ4v) is 3.25. The zero-order chi connectivity index (χ0) is 20.1. The predicted octanol–water partition coefficient (Wildman–Crippen LogP) is 2.95. The van der Waals surface area contributed by atoms with Crippen LogP contribution in [0.5, 0.6) is 0 Å². The summed E-state index contributed by atoms with van der Waals surface area (Å²) in [5.74, 6) is -0.171. The summed E-state index contributed by atoms with van der Waals surface area (Å²) in [6.45, 7) is 2.91. The van der Waals surface area contributed by atoms with Gasteiger partial charge in [0.15, 0.2) is 5.65 Å². The van der Waals surface area contributed by atoms with E-state index in [2.05, 4.69) is 9.97 Å². The van der Waals surface area contributed by atoms with Crippen LogP contribution >= 0.6 is 0 Å². The van der Waals surface area contributed by atoms with Gasteiger partial charge in [0.25, 0.3) is 0 Å². The van der Waals surface area contributed by atoms with Gasteiger partial charge in [-0.1, -0.05) is 6.07 Å². The molecular formula is C19H17F3N4O2. The highest BCUT2D eigenvalue weighted by Crippen LogP contribution is 2.34. The first-order chi connectivity index (χ1) is 13.2. The first-order valence-electron chi connectivity index (χ1n) is 8.78. The van der Waals surface area contributed by atoms with Crippen LogP contribution in [0.1, 0.15) is 17.5 Å². The summed E-state index contributed by atoms with van der Waals surface area (Å²) in [5, 5.41) is 0. The van der Waals surface area contributed by atoms with E-state index in [1.165, 1.54) is 16.8 Å². The van der Waals surface area contributed by atoms with Crippen molar-refractivity contribution in [1.29, 1.82) is 0 Å². The largest absolute Gasteiger partial charge is 0.416 e. The molecule has 1 aromatic carbocycles. The number of H-pyrrole nitrogens is 1. The number of aromatic amines is 1. The molecule has 0 spiro atoms. The number of hydrogen-bond acceptors (Lipinski definition) is 3. The maximum atomic E-state index is 13.1. The number of nitrogens with zero attached hydrogens (tertiary/aromatic N) is 3. The molecule has 6 nitrogen and oxygen atoms in total. The molecule has 3 heterocycles. The number of benzene rings is 1. The Morgan fingerprint density at radius 1 is 1.25 bits per heavy atom. The molecule has 1 amide bonds. The van der Waals surface area contributed by atoms with Crippen LogP contribution in [0, 0.1) is 6.92 Å². The zero-order valence-corrected chi connectivity index (χ0v) is 15.0. The van der Waals surface area contributed by atoms with E-state index in [1.807, 2.05) is 0 Å². The number of aryl methyl sites for hydroxylation is 1. The van der Waals surface area contributed by atoms with Gasteiger partial charge >= 0.3 is 11.9 Å². The quantitative estimate of drug-likeness (QED) is 0.748. The van der Waals surface area contributed by atoms with E-state index in [1.54, 1.807) is 17.9 Å². The topological polar surface area (TPSA) is 71.0 Å². The predicted molar refractivity (Wildman–Crippen MR) is 96.7 cm³/mol. The van der Waals surface area contributed by atoms with Crippen molar-refractivity contribution in [2.75, 3.05) is 13.1 Å². The van der Waals surface area contributed by atoms with Crippen molar-refractivity contribution in [3.63, 3.8) is 0 Å². The molecule has 0 saturated carbocycles. The molecule has 0 aliphatic carbocycles. The lowest BCUT2D eigenvalue weighted by molar-refractivity contribution is -0.137. The Kier molecular flexibility index (Phi) is 4.24. The first kappa shape index (κ1) is 18.3. The van der Waals surface area contributed by atoms with Crippen molar-refractivity contribution in [2.24, 2.45) is 0 Å². The minimum atomic E-state index is -4.46. The lowest BCUT2D eigenvalue weighted by atomic mass is 9.99. The number of likely N-dealkylation sites (tertiary alicyclic amines) is 1. The van der Waals surface area contributed by atoms with Crippen LogP contribution in [0.4, 0.5) is 13.2 Å². The van der Waals surface area contributed by atoms with Gasteiger partial charge < -0.3 is 4.90 Å². The highest BCUT2D eigenvalue weighted by molar-refractivity contribution is 5.82. The van der Waals surface area contributed by atoms with Crippen LogP contribution in [0.2, 0.25) is 0 Å². The van der Waals surface area contributed by atoms with Crippen molar-refractivity contribution in [3.8, 4) is 11.1 Å². The number of amides is 1. The molecule has 1 fully saturated rings. The third-order valence-electron chi connectivity index (χ3n) is 5.01. The molecule has 146 valence electrons. The lowest BCUT2D eigenvalue weighted by Crippen LogP contribution is -2.44. The molecular weight excluding hydrogens is 373 g/mol. The standard InChI is InChI=1S/C19H17F3N4O2/c1-11-3-4-13(19(20,21)22)8-14(11)12-7-15-17(23-9-12)24-18(28)26(15)10-16(27)25-5-2-6-25/h3-4,7-9H,2,5-6,10H2,1H3,(H,23,24,28). The van der Waals surface area contributed by atoms with Crippen molar-refractivity contribution >= 4 is 17.1 Å². The SMILES string of the molecule is Cc1ccc(C(F)(F)F)cc1-c1cnc2[nH]c(=O)n(CC(=O)N3CCC3)c2c1. The van der Waals surface area contributed by atoms with E-state index in [9.17, 15) is 22.8 Å². The number of fused-ring (bicyclic) bond motifs is 1. The highest BCUT2D eigenvalue weighted by Gasteiger charge is 2.31. The van der Waals surface area contributed by atoms with Crippen LogP contribution in [-0.4, -0.2) is 38.4 Å². The summed E-state index contributed by atoms with van der Waals surface area (Å²) >= 11 is 0. The molecule has 0 radical (unpaired) electrons. The maximum absolute atomic E-state index is 13.1. The number of hydrogen-bond donors (Lipinski definition) is 1. The number of alkyl halides is 3. The van der Waals surface area contributed by atoms with Crippen molar-refractivity contribution < 1.29 is 18.0 Å². The van der Waals surface area contributed by atoms with Gasteiger partial charge in [-0.15, -0.1) is 0 Å². The highest BCUT2D eigenvalue weighted by atomic mass is 19.4. The van der Waals surface area contributed by atoms with Crippen LogP contribution < -0.4 is 5.69 Å². The third-order valence-corrected chi connectivity index (χ3v) is 5.01. The molecule has 9 heteroatoms. The van der Waals surface area contributed by atoms with Gasteiger partial charge in [0.1, 0.15) is 6.54 Å². The maximum Gasteiger partial charge on any atom is 0.416 e. The Labute approximate surface area is 157 Å². The number of nitrogens with one attached hydrogen (secondary N) is 1. The van der Waals surface area contributed by atoms with Crippen LogP contribution in [0.15, 0.2) is 35.3 Å². The lowest BCUT2D eigenvalue weighted by Gasteiger charge is -2.30. The smallest absolute Gasteiger partial charge is 0.341 e. The fraction of sp³-hybridized carbons (Fsp3) is 0.316. The molecule has 1 aliphatic rings. The van der Waals surface area contributed by atoms with E-state index in [4.69, 9.17) is 0 Å². The Balaban J connectivity index is 1.78.